The molecule has 0 spiro atoms. The van der Waals surface area contributed by atoms with Gasteiger partial charge in [-0.15, -0.1) is 0 Å². The molecule has 2 rings (SSSR count). The van der Waals surface area contributed by atoms with Crippen LogP contribution in [0.2, 0.25) is 0 Å². The summed E-state index contributed by atoms with van der Waals surface area (Å²) < 4.78 is 26.9. The Bertz CT molecular complexity index is 809. The molecule has 2 N–H and O–H groups in total. The lowest BCUT2D eigenvalue weighted by Gasteiger charge is -2.19. The van der Waals surface area contributed by atoms with Crippen molar-refractivity contribution in [3.05, 3.63) is 77.0 Å². The lowest BCUT2D eigenvalue weighted by molar-refractivity contribution is -0.120. The second-order valence-corrected chi connectivity index (χ2v) is 6.64. The van der Waals surface area contributed by atoms with Crippen molar-refractivity contribution >= 4 is 11.6 Å². The first-order chi connectivity index (χ1) is 12.9. The van der Waals surface area contributed by atoms with Crippen molar-refractivity contribution in [2.24, 2.45) is 5.92 Å². The number of amides is 1. The van der Waals surface area contributed by atoms with Crippen LogP contribution in [0.15, 0.2) is 59.8 Å². The van der Waals surface area contributed by atoms with E-state index in [1.165, 1.54) is 0 Å². The second kappa shape index (κ2) is 9.86. The van der Waals surface area contributed by atoms with Gasteiger partial charge in [-0.3, -0.25) is 4.79 Å². The van der Waals surface area contributed by atoms with Crippen LogP contribution in [0.4, 0.5) is 14.5 Å². The Kier molecular flexibility index (Phi) is 7.53. The standard InChI is InChI=1S/C22H26F2N2O.H2/c1-4-15(2)20(16(3)26-19-8-6-5-7-9-19)13-22(27)25-14-17-12-18(23)10-11-21(17)24;/h5-12,15,26H,4,13-14H2,1-3H3,(H,25,27);1H/b20-16-;. The van der Waals surface area contributed by atoms with E-state index >= 15 is 0 Å². The minimum absolute atomic E-state index is 0. The molecule has 27 heavy (non-hydrogen) atoms. The molecule has 0 radical (unpaired) electrons. The average molecular weight is 374 g/mol. The van der Waals surface area contributed by atoms with Gasteiger partial charge in [0.05, 0.1) is 0 Å². The van der Waals surface area contributed by atoms with E-state index in [0.29, 0.717) is 0 Å². The van der Waals surface area contributed by atoms with E-state index in [0.717, 1.165) is 41.6 Å². The van der Waals surface area contributed by atoms with Crippen molar-refractivity contribution in [2.75, 3.05) is 5.32 Å². The number of para-hydroxylation sites is 1. The zero-order valence-corrected chi connectivity index (χ0v) is 16.0. The van der Waals surface area contributed by atoms with Crippen molar-refractivity contribution < 1.29 is 15.0 Å². The van der Waals surface area contributed by atoms with Crippen molar-refractivity contribution in [1.82, 2.24) is 5.32 Å². The average Bonchev–Trinajstić information content (AvgIpc) is 2.66. The zero-order valence-electron chi connectivity index (χ0n) is 16.0. The molecule has 0 aliphatic rings. The Morgan fingerprint density at radius 3 is 2.52 bits per heavy atom. The Balaban J connectivity index is 0.00000392. The molecule has 3 nitrogen and oxygen atoms in total. The quantitative estimate of drug-likeness (QED) is 0.627. The Labute approximate surface area is 161 Å². The maximum absolute atomic E-state index is 13.7. The van der Waals surface area contributed by atoms with E-state index in [1.54, 1.807) is 0 Å². The Hall–Kier alpha value is -2.69. The number of benzene rings is 2. The molecule has 0 fully saturated rings. The molecule has 0 aliphatic heterocycles. The van der Waals surface area contributed by atoms with Crippen molar-refractivity contribution in [1.29, 1.82) is 0 Å². The van der Waals surface area contributed by atoms with E-state index in [9.17, 15) is 13.6 Å². The number of nitrogens with one attached hydrogen (secondary N) is 2. The third-order valence-electron chi connectivity index (χ3n) is 4.63. The highest BCUT2D eigenvalue weighted by atomic mass is 19.1. The Morgan fingerprint density at radius 2 is 1.85 bits per heavy atom. The number of rotatable bonds is 8. The number of anilines is 1. The largest absolute Gasteiger partial charge is 0.359 e. The summed E-state index contributed by atoms with van der Waals surface area (Å²) in [6.45, 7) is 6.06. The fraction of sp³-hybridized carbons (Fsp3) is 0.318. The van der Waals surface area contributed by atoms with Gasteiger partial charge in [0.2, 0.25) is 5.91 Å². The molecule has 0 heterocycles. The van der Waals surface area contributed by atoms with Gasteiger partial charge >= 0.3 is 0 Å². The van der Waals surface area contributed by atoms with Crippen LogP contribution >= 0.6 is 0 Å². The molecule has 146 valence electrons. The molecule has 1 amide bonds. The van der Waals surface area contributed by atoms with Crippen molar-refractivity contribution in [3.63, 3.8) is 0 Å². The molecule has 5 heteroatoms. The smallest absolute Gasteiger partial charge is 0.224 e. The predicted molar refractivity (Wildman–Crippen MR) is 107 cm³/mol. The fourth-order valence-corrected chi connectivity index (χ4v) is 2.85. The summed E-state index contributed by atoms with van der Waals surface area (Å²) in [7, 11) is 0. The van der Waals surface area contributed by atoms with Crippen LogP contribution in [0.25, 0.3) is 0 Å². The van der Waals surface area contributed by atoms with Gasteiger partial charge in [-0.25, -0.2) is 8.78 Å². The van der Waals surface area contributed by atoms with Crippen molar-refractivity contribution in [2.45, 2.75) is 40.2 Å². The van der Waals surface area contributed by atoms with Gasteiger partial charge in [0.1, 0.15) is 11.6 Å². The summed E-state index contributed by atoms with van der Waals surface area (Å²) in [5.41, 5.74) is 3.02. The number of allylic oxidation sites excluding steroid dienone is 1. The molecule has 0 aliphatic carbocycles. The SMILES string of the molecule is CCC(C)/C(CC(=O)NCc1cc(F)ccc1F)=C(/C)Nc1ccccc1.[HH]. The van der Waals surface area contributed by atoms with Crippen LogP contribution in [0.3, 0.4) is 0 Å². The van der Waals surface area contributed by atoms with Gasteiger partial charge < -0.3 is 10.6 Å². The van der Waals surface area contributed by atoms with Crippen LogP contribution in [0, 0.1) is 17.6 Å². The number of hydrogen-bond donors (Lipinski definition) is 2. The van der Waals surface area contributed by atoms with Crippen LogP contribution in [0.5, 0.6) is 0 Å². The first-order valence-corrected chi connectivity index (χ1v) is 9.13. The van der Waals surface area contributed by atoms with Gasteiger partial charge in [-0.2, -0.15) is 0 Å². The molecule has 0 aromatic heterocycles. The monoisotopic (exact) mass is 374 g/mol. The molecule has 0 saturated carbocycles. The minimum Gasteiger partial charge on any atom is -0.359 e. The van der Waals surface area contributed by atoms with Gasteiger partial charge in [0.15, 0.2) is 0 Å². The fourth-order valence-electron chi connectivity index (χ4n) is 2.85. The van der Waals surface area contributed by atoms with E-state index in [4.69, 9.17) is 0 Å². The van der Waals surface area contributed by atoms with Crippen LogP contribution in [0.1, 0.15) is 40.6 Å². The molecular weight excluding hydrogens is 346 g/mol. The summed E-state index contributed by atoms with van der Waals surface area (Å²) in [4.78, 5) is 12.4. The van der Waals surface area contributed by atoms with E-state index in [2.05, 4.69) is 24.5 Å². The summed E-state index contributed by atoms with van der Waals surface area (Å²) in [5, 5.41) is 6.03. The van der Waals surface area contributed by atoms with Crippen molar-refractivity contribution in [3.8, 4) is 0 Å². The van der Waals surface area contributed by atoms with Crippen LogP contribution in [-0.2, 0) is 11.3 Å². The third kappa shape index (κ3) is 6.20. The lowest BCUT2D eigenvalue weighted by Crippen LogP contribution is -2.25. The molecule has 1 unspecified atom stereocenters. The molecule has 2 aromatic carbocycles. The molecular formula is C22H28F2N2O. The van der Waals surface area contributed by atoms with Crippen LogP contribution in [-0.4, -0.2) is 5.91 Å². The van der Waals surface area contributed by atoms with E-state index < -0.39 is 11.6 Å². The van der Waals surface area contributed by atoms with Gasteiger partial charge in [-0.05, 0) is 55.2 Å². The number of carbonyl (C=O) groups is 1. The highest BCUT2D eigenvalue weighted by Gasteiger charge is 2.16. The first-order valence-electron chi connectivity index (χ1n) is 9.13. The zero-order chi connectivity index (χ0) is 19.8. The number of hydrogen-bond acceptors (Lipinski definition) is 2. The third-order valence-corrected chi connectivity index (χ3v) is 4.63. The van der Waals surface area contributed by atoms with Gasteiger partial charge in [-0.1, -0.05) is 32.0 Å². The van der Waals surface area contributed by atoms with E-state index in [-0.39, 0.29) is 31.8 Å². The number of carbonyl (C=O) groups excluding carboxylic acids is 1. The maximum atomic E-state index is 13.7. The second-order valence-electron chi connectivity index (χ2n) is 6.64. The number of halogens is 2. The molecule has 0 bridgehead atoms. The lowest BCUT2D eigenvalue weighted by atomic mass is 9.93. The highest BCUT2D eigenvalue weighted by molar-refractivity contribution is 5.79. The minimum atomic E-state index is -0.531. The van der Waals surface area contributed by atoms with E-state index in [1.807, 2.05) is 37.3 Å². The Morgan fingerprint density at radius 1 is 1.15 bits per heavy atom. The van der Waals surface area contributed by atoms with Gasteiger partial charge in [0, 0.05) is 31.3 Å². The normalized spacial score (nSPS) is 12.9. The summed E-state index contributed by atoms with van der Waals surface area (Å²) in [6.07, 6.45) is 1.10. The van der Waals surface area contributed by atoms with Gasteiger partial charge in [0.25, 0.3) is 0 Å². The molecule has 0 saturated heterocycles. The topological polar surface area (TPSA) is 41.1 Å². The summed E-state index contributed by atoms with van der Waals surface area (Å²) in [6, 6.07) is 13.0. The molecule has 1 atom stereocenters. The molecule has 2 aromatic rings. The highest BCUT2D eigenvalue weighted by Crippen LogP contribution is 2.23. The summed E-state index contributed by atoms with van der Waals surface area (Å²) in [5.74, 6) is -1.05. The maximum Gasteiger partial charge on any atom is 0.224 e. The summed E-state index contributed by atoms with van der Waals surface area (Å²) >= 11 is 0. The predicted octanol–water partition coefficient (Wildman–Crippen LogP) is 5.65. The first kappa shape index (κ1) is 20.6. The van der Waals surface area contributed by atoms with Crippen LogP contribution < -0.4 is 10.6 Å².